The Morgan fingerprint density at radius 3 is 2.70 bits per heavy atom. The van der Waals surface area contributed by atoms with E-state index in [1.807, 2.05) is 0 Å². The summed E-state index contributed by atoms with van der Waals surface area (Å²) in [5, 5.41) is 13.1. The molecule has 1 amide bonds. The molecule has 148 valence electrons. The zero-order valence-corrected chi connectivity index (χ0v) is 15.3. The molecule has 1 atom stereocenters. The van der Waals surface area contributed by atoms with Gasteiger partial charge in [0.15, 0.2) is 12.3 Å². The number of alkyl halides is 3. The van der Waals surface area contributed by atoms with Gasteiger partial charge in [0, 0.05) is 30.8 Å². The molecular formula is C17H20ClF3N4O2. The molecule has 0 saturated carbocycles. The molecule has 27 heavy (non-hydrogen) atoms. The first-order chi connectivity index (χ1) is 12.3. The van der Waals surface area contributed by atoms with Gasteiger partial charge in [-0.1, -0.05) is 12.1 Å². The first kappa shape index (κ1) is 21.0. The van der Waals surface area contributed by atoms with Gasteiger partial charge in [0.2, 0.25) is 0 Å². The van der Waals surface area contributed by atoms with Crippen molar-refractivity contribution in [1.82, 2.24) is 20.8 Å². The van der Waals surface area contributed by atoms with Gasteiger partial charge in [-0.25, -0.2) is 0 Å². The summed E-state index contributed by atoms with van der Waals surface area (Å²) in [4.78, 5) is 12.5. The molecule has 1 unspecified atom stereocenters. The van der Waals surface area contributed by atoms with Crippen molar-refractivity contribution in [2.45, 2.75) is 32.1 Å². The molecule has 1 aliphatic heterocycles. The summed E-state index contributed by atoms with van der Waals surface area (Å²) in [7, 11) is 0. The highest BCUT2D eigenvalue weighted by Crippen LogP contribution is 2.22. The summed E-state index contributed by atoms with van der Waals surface area (Å²) < 4.78 is 41.2. The number of H-pyrrole nitrogens is 1. The maximum Gasteiger partial charge on any atom is 0.422 e. The first-order valence-corrected chi connectivity index (χ1v) is 8.20. The number of ether oxygens (including phenoxy) is 1. The smallest absolute Gasteiger partial charge is 0.422 e. The third-order valence-corrected chi connectivity index (χ3v) is 4.15. The number of rotatable bonds is 5. The lowest BCUT2D eigenvalue weighted by molar-refractivity contribution is -0.153. The van der Waals surface area contributed by atoms with Crippen LogP contribution in [-0.2, 0) is 13.0 Å². The zero-order valence-electron chi connectivity index (χ0n) is 14.5. The molecule has 2 aromatic rings. The third kappa shape index (κ3) is 5.36. The SMILES string of the molecule is CC(NC(=O)c1n[nH]c2c1CNCC2)c1ccc(OCC(F)(F)F)cc1.Cl. The lowest BCUT2D eigenvalue weighted by atomic mass is 10.1. The topological polar surface area (TPSA) is 79.0 Å². The van der Waals surface area contributed by atoms with Crippen LogP contribution in [0.5, 0.6) is 5.75 Å². The van der Waals surface area contributed by atoms with Crippen LogP contribution < -0.4 is 15.4 Å². The minimum atomic E-state index is -4.38. The number of benzene rings is 1. The number of hydrogen-bond donors (Lipinski definition) is 3. The van der Waals surface area contributed by atoms with E-state index < -0.39 is 12.8 Å². The second-order valence-electron chi connectivity index (χ2n) is 6.12. The largest absolute Gasteiger partial charge is 0.484 e. The normalized spacial score (nSPS) is 14.7. The summed E-state index contributed by atoms with van der Waals surface area (Å²) in [5.74, 6) is -0.173. The summed E-state index contributed by atoms with van der Waals surface area (Å²) in [6.07, 6.45) is -3.58. The molecule has 0 radical (unpaired) electrons. The average molecular weight is 405 g/mol. The molecule has 1 aromatic carbocycles. The predicted molar refractivity (Wildman–Crippen MR) is 95.1 cm³/mol. The van der Waals surface area contributed by atoms with Crippen LogP contribution in [0.4, 0.5) is 13.2 Å². The van der Waals surface area contributed by atoms with E-state index in [-0.39, 0.29) is 30.1 Å². The van der Waals surface area contributed by atoms with E-state index in [0.29, 0.717) is 12.2 Å². The number of hydrogen-bond acceptors (Lipinski definition) is 4. The van der Waals surface area contributed by atoms with Gasteiger partial charge in [-0.3, -0.25) is 9.89 Å². The van der Waals surface area contributed by atoms with Crippen molar-refractivity contribution in [2.24, 2.45) is 0 Å². The maximum atomic E-state index is 12.5. The fourth-order valence-corrected chi connectivity index (χ4v) is 2.78. The van der Waals surface area contributed by atoms with Crippen LogP contribution in [0.3, 0.4) is 0 Å². The molecule has 3 rings (SSSR count). The van der Waals surface area contributed by atoms with E-state index >= 15 is 0 Å². The molecule has 0 bridgehead atoms. The molecule has 0 saturated heterocycles. The molecule has 0 fully saturated rings. The standard InChI is InChI=1S/C17H19F3N4O2.ClH/c1-10(11-2-4-12(5-3-11)26-9-17(18,19)20)22-16(25)15-13-8-21-7-6-14(13)23-24-15;/h2-5,10,21H,6-9H2,1H3,(H,22,25)(H,23,24);1H. The van der Waals surface area contributed by atoms with E-state index in [9.17, 15) is 18.0 Å². The Morgan fingerprint density at radius 1 is 1.33 bits per heavy atom. The lowest BCUT2D eigenvalue weighted by Crippen LogP contribution is -2.30. The van der Waals surface area contributed by atoms with Crippen molar-refractivity contribution in [3.05, 3.63) is 46.8 Å². The Kier molecular flexibility index (Phi) is 6.72. The van der Waals surface area contributed by atoms with Crippen molar-refractivity contribution >= 4 is 18.3 Å². The van der Waals surface area contributed by atoms with E-state index in [1.165, 1.54) is 12.1 Å². The first-order valence-electron chi connectivity index (χ1n) is 8.20. The quantitative estimate of drug-likeness (QED) is 0.716. The molecule has 3 N–H and O–H groups in total. The van der Waals surface area contributed by atoms with Crippen molar-refractivity contribution in [3.8, 4) is 5.75 Å². The van der Waals surface area contributed by atoms with Gasteiger partial charge >= 0.3 is 6.18 Å². The maximum absolute atomic E-state index is 12.5. The number of nitrogens with one attached hydrogen (secondary N) is 3. The van der Waals surface area contributed by atoms with Gasteiger partial charge in [-0.15, -0.1) is 12.4 Å². The number of carbonyl (C=O) groups excluding carboxylic acids is 1. The van der Waals surface area contributed by atoms with Crippen molar-refractivity contribution < 1.29 is 22.7 Å². The fourth-order valence-electron chi connectivity index (χ4n) is 2.78. The number of amides is 1. The second-order valence-corrected chi connectivity index (χ2v) is 6.12. The summed E-state index contributed by atoms with van der Waals surface area (Å²) >= 11 is 0. The lowest BCUT2D eigenvalue weighted by Gasteiger charge is -2.16. The van der Waals surface area contributed by atoms with Gasteiger partial charge in [0.25, 0.3) is 5.91 Å². The van der Waals surface area contributed by atoms with Crippen molar-refractivity contribution in [3.63, 3.8) is 0 Å². The highest BCUT2D eigenvalue weighted by atomic mass is 35.5. The number of fused-ring (bicyclic) bond motifs is 1. The van der Waals surface area contributed by atoms with Crippen LogP contribution in [0.2, 0.25) is 0 Å². The molecule has 0 spiro atoms. The molecule has 2 heterocycles. The van der Waals surface area contributed by atoms with Gasteiger partial charge in [-0.2, -0.15) is 18.3 Å². The van der Waals surface area contributed by atoms with Crippen LogP contribution >= 0.6 is 12.4 Å². The Bertz CT molecular complexity index is 777. The minimum absolute atomic E-state index is 0. The minimum Gasteiger partial charge on any atom is -0.484 e. The van der Waals surface area contributed by atoms with Gasteiger partial charge < -0.3 is 15.4 Å². The Balaban J connectivity index is 0.00000261. The van der Waals surface area contributed by atoms with E-state index in [1.54, 1.807) is 19.1 Å². The highest BCUT2D eigenvalue weighted by molar-refractivity contribution is 5.94. The van der Waals surface area contributed by atoms with Crippen LogP contribution in [0.25, 0.3) is 0 Å². The van der Waals surface area contributed by atoms with Crippen LogP contribution in [0.15, 0.2) is 24.3 Å². The second kappa shape index (κ2) is 8.62. The predicted octanol–water partition coefficient (Wildman–Crippen LogP) is 2.91. The monoisotopic (exact) mass is 404 g/mol. The summed E-state index contributed by atoms with van der Waals surface area (Å²) in [5.41, 5.74) is 2.95. The number of carbonyl (C=O) groups is 1. The summed E-state index contributed by atoms with van der Waals surface area (Å²) in [6, 6.07) is 5.81. The number of aromatic nitrogens is 2. The van der Waals surface area contributed by atoms with Crippen LogP contribution in [0, 0.1) is 0 Å². The number of halogens is 4. The number of aromatic amines is 1. The Morgan fingerprint density at radius 2 is 2.04 bits per heavy atom. The van der Waals surface area contributed by atoms with Gasteiger partial charge in [0.1, 0.15) is 5.75 Å². The molecule has 10 heteroatoms. The van der Waals surface area contributed by atoms with E-state index in [2.05, 4.69) is 25.6 Å². The Hall–Kier alpha value is -2.26. The Labute approximate surface area is 160 Å². The highest BCUT2D eigenvalue weighted by Gasteiger charge is 2.28. The third-order valence-electron chi connectivity index (χ3n) is 4.15. The zero-order chi connectivity index (χ0) is 18.7. The van der Waals surface area contributed by atoms with Crippen LogP contribution in [-0.4, -0.2) is 35.4 Å². The summed E-state index contributed by atoms with van der Waals surface area (Å²) in [6.45, 7) is 1.89. The fraction of sp³-hybridized carbons (Fsp3) is 0.412. The van der Waals surface area contributed by atoms with Gasteiger partial charge in [-0.05, 0) is 24.6 Å². The molecule has 0 aliphatic carbocycles. The van der Waals surface area contributed by atoms with E-state index in [4.69, 9.17) is 0 Å². The van der Waals surface area contributed by atoms with Crippen LogP contribution in [0.1, 0.15) is 40.3 Å². The van der Waals surface area contributed by atoms with Gasteiger partial charge in [0.05, 0.1) is 6.04 Å². The van der Waals surface area contributed by atoms with Crippen molar-refractivity contribution in [1.29, 1.82) is 0 Å². The van der Waals surface area contributed by atoms with Crippen molar-refractivity contribution in [2.75, 3.05) is 13.2 Å². The molecule has 6 nitrogen and oxygen atoms in total. The molecule has 1 aromatic heterocycles. The van der Waals surface area contributed by atoms with E-state index in [0.717, 1.165) is 29.8 Å². The average Bonchev–Trinajstić information content (AvgIpc) is 3.04. The number of nitrogens with zero attached hydrogens (tertiary/aromatic N) is 1. The molecule has 1 aliphatic rings. The molecular weight excluding hydrogens is 385 g/mol.